The normalized spacial score (nSPS) is 30.6. The van der Waals surface area contributed by atoms with Gasteiger partial charge in [-0.2, -0.15) is 0 Å². The molecule has 0 aromatic carbocycles. The second-order valence-corrected chi connectivity index (χ2v) is 5.44. The summed E-state index contributed by atoms with van der Waals surface area (Å²) in [7, 11) is 0. The van der Waals surface area contributed by atoms with Crippen molar-refractivity contribution in [3.8, 4) is 0 Å². The van der Waals surface area contributed by atoms with Crippen molar-refractivity contribution >= 4 is 5.78 Å². The predicted molar refractivity (Wildman–Crippen MR) is 68.1 cm³/mol. The molecule has 0 N–H and O–H groups in total. The van der Waals surface area contributed by atoms with Crippen LogP contribution in [0.1, 0.15) is 45.4 Å². The highest BCUT2D eigenvalue weighted by Gasteiger charge is 2.28. The van der Waals surface area contributed by atoms with Crippen LogP contribution in [-0.4, -0.2) is 43.0 Å². The Hall–Kier alpha value is -0.410. The molecule has 98 valence electrons. The fraction of sp³-hybridized carbons (Fsp3) is 0.929. The Kier molecular flexibility index (Phi) is 4.99. The molecule has 3 nitrogen and oxygen atoms in total. The third-order valence-corrected chi connectivity index (χ3v) is 4.11. The average molecular weight is 239 g/mol. The highest BCUT2D eigenvalue weighted by Crippen LogP contribution is 2.22. The van der Waals surface area contributed by atoms with Crippen molar-refractivity contribution in [2.24, 2.45) is 5.92 Å². The number of hydrogen-bond acceptors (Lipinski definition) is 3. The van der Waals surface area contributed by atoms with Crippen molar-refractivity contribution in [2.45, 2.75) is 51.5 Å². The summed E-state index contributed by atoms with van der Waals surface area (Å²) in [5, 5.41) is 0. The van der Waals surface area contributed by atoms with Crippen molar-refractivity contribution in [1.82, 2.24) is 4.90 Å². The topological polar surface area (TPSA) is 29.5 Å². The maximum absolute atomic E-state index is 12.1. The molecule has 0 spiro atoms. The zero-order valence-corrected chi connectivity index (χ0v) is 11.0. The Bertz CT molecular complexity index is 247. The summed E-state index contributed by atoms with van der Waals surface area (Å²) in [6, 6.07) is 0.653. The number of likely N-dealkylation sites (tertiary alicyclic amines) is 1. The lowest BCUT2D eigenvalue weighted by molar-refractivity contribution is -0.125. The Morgan fingerprint density at radius 1 is 1.35 bits per heavy atom. The fourth-order valence-corrected chi connectivity index (χ4v) is 3.05. The highest BCUT2D eigenvalue weighted by molar-refractivity contribution is 5.83. The molecule has 3 heteroatoms. The van der Waals surface area contributed by atoms with Crippen LogP contribution in [0.3, 0.4) is 0 Å². The molecule has 2 rings (SSSR count). The van der Waals surface area contributed by atoms with E-state index in [-0.39, 0.29) is 5.92 Å². The molecule has 0 amide bonds. The molecule has 2 saturated heterocycles. The lowest BCUT2D eigenvalue weighted by Crippen LogP contribution is -2.43. The van der Waals surface area contributed by atoms with Gasteiger partial charge in [-0.25, -0.2) is 0 Å². The van der Waals surface area contributed by atoms with Crippen LogP contribution in [0.25, 0.3) is 0 Å². The van der Waals surface area contributed by atoms with E-state index in [9.17, 15) is 4.79 Å². The van der Waals surface area contributed by atoms with Crippen LogP contribution in [0, 0.1) is 5.92 Å². The molecule has 2 fully saturated rings. The van der Waals surface area contributed by atoms with Crippen LogP contribution in [0.15, 0.2) is 0 Å². The molecule has 2 aliphatic heterocycles. The smallest absolute Gasteiger partial charge is 0.152 e. The zero-order valence-electron chi connectivity index (χ0n) is 11.0. The van der Waals surface area contributed by atoms with Gasteiger partial charge in [-0.1, -0.05) is 19.8 Å². The summed E-state index contributed by atoms with van der Waals surface area (Å²) in [5.41, 5.74) is 0. The lowest BCUT2D eigenvalue weighted by atomic mass is 9.96. The third-order valence-electron chi connectivity index (χ3n) is 4.11. The molecule has 0 aromatic heterocycles. The first-order valence-electron chi connectivity index (χ1n) is 7.15. The lowest BCUT2D eigenvalue weighted by Gasteiger charge is -2.35. The van der Waals surface area contributed by atoms with Gasteiger partial charge in [0.25, 0.3) is 0 Å². The molecule has 0 radical (unpaired) electrons. The molecule has 0 bridgehead atoms. The molecule has 2 atom stereocenters. The minimum absolute atomic E-state index is 0.180. The first kappa shape index (κ1) is 13.0. The summed E-state index contributed by atoms with van der Waals surface area (Å²) < 4.78 is 5.30. The van der Waals surface area contributed by atoms with Gasteiger partial charge in [-0.05, 0) is 32.2 Å². The summed E-state index contributed by atoms with van der Waals surface area (Å²) >= 11 is 0. The molecule has 2 heterocycles. The van der Waals surface area contributed by atoms with Gasteiger partial charge in [0.15, 0.2) is 5.78 Å². The summed E-state index contributed by atoms with van der Waals surface area (Å²) in [5.74, 6) is 0.588. The monoisotopic (exact) mass is 239 g/mol. The average Bonchev–Trinajstić information content (AvgIpc) is 2.85. The number of ketones is 1. The van der Waals surface area contributed by atoms with Crippen LogP contribution >= 0.6 is 0 Å². The van der Waals surface area contributed by atoms with Crippen LogP contribution < -0.4 is 0 Å². The van der Waals surface area contributed by atoms with Crippen molar-refractivity contribution in [2.75, 3.05) is 26.3 Å². The van der Waals surface area contributed by atoms with E-state index in [1.165, 1.54) is 32.1 Å². The largest absolute Gasteiger partial charge is 0.381 e. The van der Waals surface area contributed by atoms with Crippen LogP contribution in [0.2, 0.25) is 0 Å². The maximum Gasteiger partial charge on any atom is 0.152 e. The van der Waals surface area contributed by atoms with E-state index >= 15 is 0 Å². The number of ether oxygens (including phenoxy) is 1. The quantitative estimate of drug-likeness (QED) is 0.737. The van der Waals surface area contributed by atoms with Crippen LogP contribution in [0.4, 0.5) is 0 Å². The minimum atomic E-state index is 0.180. The molecular formula is C14H25NO2. The number of piperidine rings is 1. The molecular weight excluding hydrogens is 214 g/mol. The first-order valence-corrected chi connectivity index (χ1v) is 7.15. The molecule has 2 unspecified atom stereocenters. The summed E-state index contributed by atoms with van der Waals surface area (Å²) in [4.78, 5) is 14.6. The standard InChI is InChI=1S/C14H25NO2/c1-2-5-13-6-3-4-8-15(13)10-14(16)12-7-9-17-11-12/h12-13H,2-11H2,1H3. The summed E-state index contributed by atoms with van der Waals surface area (Å²) in [6.07, 6.45) is 7.28. The molecule has 0 saturated carbocycles. The van der Waals surface area contributed by atoms with E-state index in [0.29, 0.717) is 25.0 Å². The number of Topliss-reactive ketones (excluding diaryl/α,β-unsaturated/α-hetero) is 1. The molecule has 0 aliphatic carbocycles. The summed E-state index contributed by atoms with van der Waals surface area (Å²) in [6.45, 7) is 5.45. The molecule has 17 heavy (non-hydrogen) atoms. The van der Waals surface area contributed by atoms with E-state index in [0.717, 1.165) is 19.6 Å². The SMILES string of the molecule is CCCC1CCCCN1CC(=O)C1CCOC1. The number of carbonyl (C=O) groups is 1. The Morgan fingerprint density at radius 2 is 2.24 bits per heavy atom. The predicted octanol–water partition coefficient (Wildman–Crippen LogP) is 2.25. The second kappa shape index (κ2) is 6.50. The minimum Gasteiger partial charge on any atom is -0.381 e. The Morgan fingerprint density at radius 3 is 2.94 bits per heavy atom. The van der Waals surface area contributed by atoms with Gasteiger partial charge in [0.05, 0.1) is 13.2 Å². The number of nitrogens with zero attached hydrogens (tertiary/aromatic N) is 1. The van der Waals surface area contributed by atoms with Gasteiger partial charge < -0.3 is 4.74 Å². The van der Waals surface area contributed by atoms with Gasteiger partial charge >= 0.3 is 0 Å². The number of hydrogen-bond donors (Lipinski definition) is 0. The van der Waals surface area contributed by atoms with Crippen LogP contribution in [0.5, 0.6) is 0 Å². The Balaban J connectivity index is 1.84. The van der Waals surface area contributed by atoms with Crippen molar-refractivity contribution in [3.63, 3.8) is 0 Å². The second-order valence-electron chi connectivity index (χ2n) is 5.44. The van der Waals surface area contributed by atoms with Gasteiger partial charge in [-0.3, -0.25) is 9.69 Å². The Labute approximate surface area is 105 Å². The maximum atomic E-state index is 12.1. The van der Waals surface area contributed by atoms with E-state index in [1.807, 2.05) is 0 Å². The van der Waals surface area contributed by atoms with Crippen molar-refractivity contribution < 1.29 is 9.53 Å². The fourth-order valence-electron chi connectivity index (χ4n) is 3.05. The molecule has 2 aliphatic rings. The van der Waals surface area contributed by atoms with Gasteiger partial charge in [0.2, 0.25) is 0 Å². The number of carbonyl (C=O) groups excluding carboxylic acids is 1. The van der Waals surface area contributed by atoms with Gasteiger partial charge in [-0.15, -0.1) is 0 Å². The van der Waals surface area contributed by atoms with E-state index < -0.39 is 0 Å². The van der Waals surface area contributed by atoms with Gasteiger partial charge in [0, 0.05) is 18.6 Å². The third kappa shape index (κ3) is 3.52. The van der Waals surface area contributed by atoms with E-state index in [2.05, 4.69) is 11.8 Å². The molecule has 0 aromatic rings. The zero-order chi connectivity index (χ0) is 12.1. The first-order chi connectivity index (χ1) is 8.31. The highest BCUT2D eigenvalue weighted by atomic mass is 16.5. The van der Waals surface area contributed by atoms with Crippen LogP contribution in [-0.2, 0) is 9.53 Å². The van der Waals surface area contributed by atoms with Crippen molar-refractivity contribution in [3.05, 3.63) is 0 Å². The van der Waals surface area contributed by atoms with E-state index in [4.69, 9.17) is 4.74 Å². The van der Waals surface area contributed by atoms with Crippen molar-refractivity contribution in [1.29, 1.82) is 0 Å². The van der Waals surface area contributed by atoms with Gasteiger partial charge in [0.1, 0.15) is 0 Å². The van der Waals surface area contributed by atoms with E-state index in [1.54, 1.807) is 0 Å². The number of rotatable bonds is 5.